The van der Waals surface area contributed by atoms with Gasteiger partial charge in [-0.2, -0.15) is 0 Å². The molecular formula is C29H33N3O6. The van der Waals surface area contributed by atoms with E-state index >= 15 is 0 Å². The number of anilines is 1. The van der Waals surface area contributed by atoms with Gasteiger partial charge >= 0.3 is 23.6 Å². The molecule has 5 rings (SSSR count). The van der Waals surface area contributed by atoms with E-state index in [9.17, 15) is 19.2 Å². The van der Waals surface area contributed by atoms with Crippen molar-refractivity contribution < 1.29 is 28.7 Å². The zero-order valence-electron chi connectivity index (χ0n) is 22.1. The summed E-state index contributed by atoms with van der Waals surface area (Å²) >= 11 is 0. The van der Waals surface area contributed by atoms with Crippen molar-refractivity contribution in [3.63, 3.8) is 0 Å². The highest BCUT2D eigenvalue weighted by atomic mass is 16.8. The van der Waals surface area contributed by atoms with Gasteiger partial charge in [0, 0.05) is 38.3 Å². The standard InChI is InChI=1S/C29H33N3O6/c1-4-20-16-21(17-22-18-29(28(36)31(3)24(20)22)37-26(34)27(35)38-29)25(33)32-14-11-23(12-15-32)30(2)13-10-19-8-6-5-7-9-19/h5-9,16-17,23H,4,10-15,18H2,1-3H3. The van der Waals surface area contributed by atoms with Gasteiger partial charge in [-0.3, -0.25) is 9.59 Å². The van der Waals surface area contributed by atoms with Crippen molar-refractivity contribution >= 4 is 29.4 Å². The third-order valence-corrected chi connectivity index (χ3v) is 7.94. The summed E-state index contributed by atoms with van der Waals surface area (Å²) in [6, 6.07) is 14.4. The van der Waals surface area contributed by atoms with Crippen LogP contribution in [0.5, 0.6) is 0 Å². The predicted molar refractivity (Wildman–Crippen MR) is 140 cm³/mol. The topological polar surface area (TPSA) is 96.5 Å². The van der Waals surface area contributed by atoms with Crippen LogP contribution in [-0.4, -0.2) is 79.1 Å². The van der Waals surface area contributed by atoms with E-state index in [1.54, 1.807) is 13.1 Å². The number of piperidine rings is 1. The normalized spacial score (nSPS) is 19.1. The first kappa shape index (κ1) is 25.9. The number of fused-ring (bicyclic) bond motifs is 1. The number of amides is 2. The molecule has 38 heavy (non-hydrogen) atoms. The van der Waals surface area contributed by atoms with E-state index in [1.807, 2.05) is 24.0 Å². The number of hydrogen-bond donors (Lipinski definition) is 0. The van der Waals surface area contributed by atoms with E-state index in [-0.39, 0.29) is 12.3 Å². The first-order valence-corrected chi connectivity index (χ1v) is 13.2. The molecule has 0 aromatic heterocycles. The van der Waals surface area contributed by atoms with Gasteiger partial charge in [-0.25, -0.2) is 9.59 Å². The number of nitrogens with zero attached hydrogens (tertiary/aromatic N) is 3. The van der Waals surface area contributed by atoms with Gasteiger partial charge in [0.2, 0.25) is 0 Å². The van der Waals surface area contributed by atoms with E-state index in [0.29, 0.717) is 42.4 Å². The Labute approximate surface area is 222 Å². The Balaban J connectivity index is 1.29. The average molecular weight is 520 g/mol. The summed E-state index contributed by atoms with van der Waals surface area (Å²) < 4.78 is 10.2. The molecule has 200 valence electrons. The molecule has 2 amide bonds. The second-order valence-corrected chi connectivity index (χ2v) is 10.3. The van der Waals surface area contributed by atoms with Crippen molar-refractivity contribution in [2.45, 2.75) is 50.9 Å². The van der Waals surface area contributed by atoms with E-state index in [2.05, 4.69) is 36.2 Å². The van der Waals surface area contributed by atoms with E-state index in [4.69, 9.17) is 9.47 Å². The SMILES string of the molecule is CCc1cc(C(=O)N2CCC(N(C)CCc3ccccc3)CC2)cc2c1N(C)C(=O)C1(C2)OC(=O)C(=O)O1. The van der Waals surface area contributed by atoms with Gasteiger partial charge in [-0.05, 0) is 61.6 Å². The number of esters is 2. The largest absolute Gasteiger partial charge is 0.421 e. The summed E-state index contributed by atoms with van der Waals surface area (Å²) in [6.45, 7) is 4.25. The molecule has 2 aromatic carbocycles. The van der Waals surface area contributed by atoms with E-state index < -0.39 is 23.6 Å². The fraction of sp³-hybridized carbons (Fsp3) is 0.448. The van der Waals surface area contributed by atoms with Crippen LogP contribution >= 0.6 is 0 Å². The molecule has 0 unspecified atom stereocenters. The molecule has 0 saturated carbocycles. The molecule has 0 N–H and O–H groups in total. The minimum absolute atomic E-state index is 0.0677. The molecule has 2 saturated heterocycles. The Morgan fingerprint density at radius 2 is 1.71 bits per heavy atom. The lowest BCUT2D eigenvalue weighted by molar-refractivity contribution is -0.188. The number of rotatable bonds is 6. The van der Waals surface area contributed by atoms with Gasteiger partial charge in [-0.1, -0.05) is 37.3 Å². The monoisotopic (exact) mass is 519 g/mol. The zero-order valence-corrected chi connectivity index (χ0v) is 22.1. The minimum Gasteiger partial charge on any atom is -0.404 e. The highest BCUT2D eigenvalue weighted by Gasteiger charge is 2.58. The van der Waals surface area contributed by atoms with Gasteiger partial charge in [0.15, 0.2) is 0 Å². The maximum Gasteiger partial charge on any atom is 0.421 e. The van der Waals surface area contributed by atoms with Gasteiger partial charge in [0.1, 0.15) is 0 Å². The Kier molecular flexibility index (Phi) is 6.96. The highest BCUT2D eigenvalue weighted by molar-refractivity contribution is 6.32. The van der Waals surface area contributed by atoms with Gasteiger partial charge in [0.25, 0.3) is 5.91 Å². The molecule has 0 bridgehead atoms. The van der Waals surface area contributed by atoms with Crippen LogP contribution in [-0.2, 0) is 43.1 Å². The Hall–Kier alpha value is -3.72. The van der Waals surface area contributed by atoms with Crippen LogP contribution in [0.25, 0.3) is 0 Å². The minimum atomic E-state index is -2.01. The number of aryl methyl sites for hydroxylation is 1. The van der Waals surface area contributed by atoms with Crippen molar-refractivity contribution in [1.29, 1.82) is 0 Å². The molecule has 0 radical (unpaired) electrons. The van der Waals surface area contributed by atoms with E-state index in [0.717, 1.165) is 31.4 Å². The van der Waals surface area contributed by atoms with Crippen molar-refractivity contribution in [2.24, 2.45) is 0 Å². The smallest absolute Gasteiger partial charge is 0.404 e. The quantitative estimate of drug-likeness (QED) is 0.427. The number of ether oxygens (including phenoxy) is 2. The number of likely N-dealkylation sites (N-methyl/N-ethyl adjacent to an activating group) is 2. The molecule has 2 aromatic rings. The van der Waals surface area contributed by atoms with Crippen LogP contribution < -0.4 is 4.90 Å². The summed E-state index contributed by atoms with van der Waals surface area (Å²) in [5, 5.41) is 0. The van der Waals surface area contributed by atoms with Gasteiger partial charge in [0.05, 0.1) is 12.1 Å². The number of benzene rings is 2. The van der Waals surface area contributed by atoms with Crippen LogP contribution in [0.15, 0.2) is 42.5 Å². The lowest BCUT2D eigenvalue weighted by Gasteiger charge is -2.38. The maximum atomic E-state index is 13.6. The summed E-state index contributed by atoms with van der Waals surface area (Å²) in [7, 11) is 3.71. The summed E-state index contributed by atoms with van der Waals surface area (Å²) in [4.78, 5) is 55.8. The van der Waals surface area contributed by atoms with Gasteiger partial charge in [-0.15, -0.1) is 0 Å². The van der Waals surface area contributed by atoms with Crippen LogP contribution in [0.4, 0.5) is 5.69 Å². The summed E-state index contributed by atoms with van der Waals surface area (Å²) in [5.74, 6) is -5.06. The van der Waals surface area contributed by atoms with Crippen molar-refractivity contribution in [1.82, 2.24) is 9.80 Å². The molecule has 1 spiro atoms. The Morgan fingerprint density at radius 1 is 1.05 bits per heavy atom. The fourth-order valence-electron chi connectivity index (χ4n) is 5.79. The number of likely N-dealkylation sites (tertiary alicyclic amines) is 1. The molecule has 0 atom stereocenters. The molecular weight excluding hydrogens is 486 g/mol. The first-order chi connectivity index (χ1) is 18.2. The third kappa shape index (κ3) is 4.67. The first-order valence-electron chi connectivity index (χ1n) is 13.2. The zero-order chi connectivity index (χ0) is 27.0. The maximum absolute atomic E-state index is 13.6. The van der Waals surface area contributed by atoms with Crippen LogP contribution in [0, 0.1) is 0 Å². The molecule has 9 heteroatoms. The van der Waals surface area contributed by atoms with Crippen LogP contribution in [0.2, 0.25) is 0 Å². The molecule has 0 aliphatic carbocycles. The second kappa shape index (κ2) is 10.2. The number of hydrogen-bond acceptors (Lipinski definition) is 7. The predicted octanol–water partition coefficient (Wildman–Crippen LogP) is 2.34. The lowest BCUT2D eigenvalue weighted by Crippen LogP contribution is -2.54. The van der Waals surface area contributed by atoms with Gasteiger partial charge < -0.3 is 24.2 Å². The highest BCUT2D eigenvalue weighted by Crippen LogP contribution is 2.40. The number of carbonyl (C=O) groups excluding carboxylic acids is 4. The van der Waals surface area contributed by atoms with E-state index in [1.165, 1.54) is 10.5 Å². The Bertz CT molecular complexity index is 1250. The van der Waals surface area contributed by atoms with Crippen molar-refractivity contribution in [2.75, 3.05) is 38.6 Å². The summed E-state index contributed by atoms with van der Waals surface area (Å²) in [5.41, 5.74) is 3.97. The molecule has 3 aliphatic heterocycles. The van der Waals surface area contributed by atoms with Crippen molar-refractivity contribution in [3.8, 4) is 0 Å². The third-order valence-electron chi connectivity index (χ3n) is 7.94. The molecule has 3 aliphatic rings. The fourth-order valence-corrected chi connectivity index (χ4v) is 5.79. The lowest BCUT2D eigenvalue weighted by atomic mass is 9.90. The van der Waals surface area contributed by atoms with Crippen LogP contribution in [0.3, 0.4) is 0 Å². The molecule has 3 heterocycles. The average Bonchev–Trinajstić information content (AvgIpc) is 3.22. The molecule has 2 fully saturated rings. The van der Waals surface area contributed by atoms with Crippen molar-refractivity contribution in [3.05, 3.63) is 64.7 Å². The van der Waals surface area contributed by atoms with Crippen LogP contribution in [0.1, 0.15) is 46.8 Å². The molecule has 9 nitrogen and oxygen atoms in total. The summed E-state index contributed by atoms with van der Waals surface area (Å²) in [6.07, 6.45) is 3.27. The second-order valence-electron chi connectivity index (χ2n) is 10.3. The number of carbonyl (C=O) groups is 4. The Morgan fingerprint density at radius 3 is 2.34 bits per heavy atom.